The summed E-state index contributed by atoms with van der Waals surface area (Å²) in [4.78, 5) is 25.4. The topological polar surface area (TPSA) is 106 Å². The summed E-state index contributed by atoms with van der Waals surface area (Å²) < 4.78 is 4.79. The first-order valence-corrected chi connectivity index (χ1v) is 5.63. The largest absolute Gasteiger partial charge is 0.465 e. The second-order valence-electron chi connectivity index (χ2n) is 3.74. The highest BCUT2D eigenvalue weighted by atomic mass is 35.5. The van der Waals surface area contributed by atoms with Crippen molar-refractivity contribution in [2.45, 2.75) is 19.3 Å². The smallest absolute Gasteiger partial charge is 0.332 e. The zero-order chi connectivity index (χ0) is 14.6. The van der Waals surface area contributed by atoms with Crippen LogP contribution in [0.25, 0.3) is 0 Å². The molecule has 1 rings (SSSR count). The van der Waals surface area contributed by atoms with Crippen molar-refractivity contribution in [3.05, 3.63) is 33.1 Å². The van der Waals surface area contributed by atoms with Gasteiger partial charge in [-0.15, -0.1) is 0 Å². The molecule has 0 N–H and O–H groups in total. The van der Waals surface area contributed by atoms with Crippen LogP contribution in [-0.4, -0.2) is 22.5 Å². The monoisotopic (exact) mass is 283 g/mol. The third kappa shape index (κ3) is 2.80. The minimum absolute atomic E-state index is 0.0688. The summed E-state index contributed by atoms with van der Waals surface area (Å²) in [6.07, 6.45) is 0.941. The predicted molar refractivity (Wildman–Crippen MR) is 65.5 cm³/mol. The van der Waals surface area contributed by atoms with Gasteiger partial charge in [-0.25, -0.2) is 4.79 Å². The number of ether oxygens (including phenoxy) is 1. The molecule has 1 atom stereocenters. The van der Waals surface area contributed by atoms with Gasteiger partial charge in [-0.3, -0.25) is 15.1 Å². The van der Waals surface area contributed by atoms with Gasteiger partial charge in [-0.05, 0) is 13.8 Å². The normalized spacial score (nSPS) is 13.2. The van der Waals surface area contributed by atoms with Crippen molar-refractivity contribution in [3.8, 4) is 6.07 Å². The molecule has 7 nitrogen and oxygen atoms in total. The second-order valence-corrected chi connectivity index (χ2v) is 4.15. The predicted octanol–water partition coefficient (Wildman–Crippen LogP) is 1.99. The highest BCUT2D eigenvalue weighted by molar-refractivity contribution is 6.31. The number of carbonyl (C=O) groups is 1. The fourth-order valence-electron chi connectivity index (χ4n) is 1.37. The highest BCUT2D eigenvalue weighted by Crippen LogP contribution is 2.31. The van der Waals surface area contributed by atoms with Crippen molar-refractivity contribution in [1.29, 1.82) is 5.26 Å². The lowest BCUT2D eigenvalue weighted by atomic mass is 9.88. The summed E-state index contributed by atoms with van der Waals surface area (Å²) in [5.41, 5.74) is -2.10. The first kappa shape index (κ1) is 14.9. The maximum atomic E-state index is 11.8. The molecule has 0 aliphatic carbocycles. The van der Waals surface area contributed by atoms with Gasteiger partial charge in [0.1, 0.15) is 6.20 Å². The Kier molecular flexibility index (Phi) is 4.40. The molecule has 0 spiro atoms. The number of halogens is 1. The third-order valence-corrected chi connectivity index (χ3v) is 2.71. The molecule has 0 bridgehead atoms. The summed E-state index contributed by atoms with van der Waals surface area (Å²) in [5, 5.41) is 19.6. The van der Waals surface area contributed by atoms with E-state index in [2.05, 4.69) is 4.98 Å². The van der Waals surface area contributed by atoms with Gasteiger partial charge in [-0.1, -0.05) is 11.6 Å². The lowest BCUT2D eigenvalue weighted by Crippen LogP contribution is -2.34. The molecule has 0 fully saturated rings. The Balaban J connectivity index is 3.31. The van der Waals surface area contributed by atoms with E-state index in [9.17, 15) is 14.9 Å². The minimum Gasteiger partial charge on any atom is -0.465 e. The van der Waals surface area contributed by atoms with E-state index >= 15 is 0 Å². The zero-order valence-corrected chi connectivity index (χ0v) is 11.0. The lowest BCUT2D eigenvalue weighted by molar-refractivity contribution is -0.385. The Bertz CT molecular complexity index is 570. The Morgan fingerprint density at radius 3 is 2.79 bits per heavy atom. The van der Waals surface area contributed by atoms with Crippen LogP contribution >= 0.6 is 11.6 Å². The molecule has 19 heavy (non-hydrogen) atoms. The summed E-state index contributed by atoms with van der Waals surface area (Å²) in [6, 6.07) is 2.82. The minimum atomic E-state index is -1.71. The van der Waals surface area contributed by atoms with Crippen LogP contribution in [0.1, 0.15) is 19.5 Å². The molecule has 0 amide bonds. The number of aromatic nitrogens is 1. The molecule has 100 valence electrons. The van der Waals surface area contributed by atoms with Crippen LogP contribution in [0.15, 0.2) is 12.3 Å². The van der Waals surface area contributed by atoms with Crippen LogP contribution in [0.3, 0.4) is 0 Å². The van der Waals surface area contributed by atoms with Crippen molar-refractivity contribution >= 4 is 23.3 Å². The van der Waals surface area contributed by atoms with Crippen molar-refractivity contribution in [3.63, 3.8) is 0 Å². The van der Waals surface area contributed by atoms with E-state index in [0.717, 1.165) is 12.3 Å². The number of rotatable bonds is 4. The number of nitro groups is 1. The molecular formula is C11H10ClN3O4. The molecule has 1 aromatic heterocycles. The van der Waals surface area contributed by atoms with E-state index in [1.165, 1.54) is 6.92 Å². The molecule has 0 saturated carbocycles. The maximum absolute atomic E-state index is 11.8. The number of carbonyl (C=O) groups excluding carboxylic acids is 1. The summed E-state index contributed by atoms with van der Waals surface area (Å²) in [7, 11) is 0. The van der Waals surface area contributed by atoms with Crippen LogP contribution in [0.4, 0.5) is 5.69 Å². The average Bonchev–Trinajstić information content (AvgIpc) is 2.37. The van der Waals surface area contributed by atoms with E-state index in [0.29, 0.717) is 0 Å². The number of pyridine rings is 1. The lowest BCUT2D eigenvalue weighted by Gasteiger charge is -2.19. The van der Waals surface area contributed by atoms with Crippen molar-refractivity contribution in [2.75, 3.05) is 6.61 Å². The van der Waals surface area contributed by atoms with Crippen molar-refractivity contribution in [1.82, 2.24) is 4.98 Å². The van der Waals surface area contributed by atoms with Crippen LogP contribution in [-0.2, 0) is 14.9 Å². The molecule has 0 saturated heterocycles. The summed E-state index contributed by atoms with van der Waals surface area (Å²) in [5.74, 6) is -0.805. The Labute approximate surface area is 113 Å². The highest BCUT2D eigenvalue weighted by Gasteiger charge is 2.41. The van der Waals surface area contributed by atoms with Gasteiger partial charge in [0.25, 0.3) is 5.69 Å². The molecule has 0 unspecified atom stereocenters. The van der Waals surface area contributed by atoms with E-state index < -0.39 is 16.3 Å². The molecule has 0 aliphatic rings. The molecule has 0 aromatic carbocycles. The molecule has 1 aromatic rings. The van der Waals surface area contributed by atoms with Gasteiger partial charge in [0.15, 0.2) is 5.41 Å². The molecular weight excluding hydrogens is 274 g/mol. The van der Waals surface area contributed by atoms with Crippen LogP contribution in [0.2, 0.25) is 5.02 Å². The standard InChI is InChI=1S/C11H10ClN3O4/c1-3-19-10(16)11(2,6-13)9-8(12)4-7(5-14-9)15(17)18/h4-5H,3H2,1-2H3/t11-/m1/s1. The SMILES string of the molecule is CCOC(=O)[C@](C)(C#N)c1ncc([N+](=O)[O-])cc1Cl. The Hall–Kier alpha value is -2.20. The van der Waals surface area contributed by atoms with Gasteiger partial charge in [-0.2, -0.15) is 5.26 Å². The van der Waals surface area contributed by atoms with Crippen molar-refractivity contribution < 1.29 is 14.5 Å². The molecule has 8 heteroatoms. The first-order valence-electron chi connectivity index (χ1n) is 5.25. The van der Waals surface area contributed by atoms with Gasteiger partial charge >= 0.3 is 5.97 Å². The zero-order valence-electron chi connectivity index (χ0n) is 10.2. The Morgan fingerprint density at radius 2 is 2.37 bits per heavy atom. The van der Waals surface area contributed by atoms with Gasteiger partial charge in [0, 0.05) is 6.07 Å². The van der Waals surface area contributed by atoms with Gasteiger partial charge in [0.2, 0.25) is 0 Å². The molecule has 0 radical (unpaired) electrons. The Morgan fingerprint density at radius 1 is 1.74 bits per heavy atom. The fraction of sp³-hybridized carbons (Fsp3) is 0.364. The number of esters is 1. The average molecular weight is 284 g/mol. The quantitative estimate of drug-likeness (QED) is 0.475. The second kappa shape index (κ2) is 5.63. The summed E-state index contributed by atoms with van der Waals surface area (Å²) in [6.45, 7) is 2.99. The van der Waals surface area contributed by atoms with Crippen molar-refractivity contribution in [2.24, 2.45) is 0 Å². The van der Waals surface area contributed by atoms with Crippen LogP contribution < -0.4 is 0 Å². The van der Waals surface area contributed by atoms with Crippen LogP contribution in [0.5, 0.6) is 0 Å². The van der Waals surface area contributed by atoms with Gasteiger partial charge in [0.05, 0.1) is 28.3 Å². The number of hydrogen-bond donors (Lipinski definition) is 0. The first-order chi connectivity index (χ1) is 8.86. The summed E-state index contributed by atoms with van der Waals surface area (Å²) >= 11 is 5.86. The third-order valence-electron chi connectivity index (χ3n) is 2.42. The number of hydrogen-bond acceptors (Lipinski definition) is 6. The van der Waals surface area contributed by atoms with E-state index in [-0.39, 0.29) is 23.0 Å². The van der Waals surface area contributed by atoms with E-state index in [1.807, 2.05) is 0 Å². The van der Waals surface area contributed by atoms with Gasteiger partial charge < -0.3 is 4.74 Å². The number of nitriles is 1. The van der Waals surface area contributed by atoms with E-state index in [1.54, 1.807) is 13.0 Å². The molecule has 0 aliphatic heterocycles. The molecule has 1 heterocycles. The number of nitrogens with zero attached hydrogens (tertiary/aromatic N) is 3. The fourth-order valence-corrected chi connectivity index (χ4v) is 1.72. The van der Waals surface area contributed by atoms with E-state index in [4.69, 9.17) is 21.6 Å². The maximum Gasteiger partial charge on any atom is 0.332 e. The van der Waals surface area contributed by atoms with Crippen LogP contribution in [0, 0.1) is 21.4 Å².